The van der Waals surface area contributed by atoms with E-state index in [-0.39, 0.29) is 0 Å². The number of guanidine groups is 1. The summed E-state index contributed by atoms with van der Waals surface area (Å²) >= 11 is 5.15. The lowest BCUT2D eigenvalue weighted by molar-refractivity contribution is 0.0675. The molecule has 0 spiro atoms. The molecule has 1 aliphatic rings. The Bertz CT molecular complexity index is 745. The minimum absolute atomic E-state index is 0.507. The van der Waals surface area contributed by atoms with E-state index in [1.165, 1.54) is 0 Å². The minimum atomic E-state index is 0.507. The van der Waals surface area contributed by atoms with E-state index in [0.29, 0.717) is 19.2 Å². The third kappa shape index (κ3) is 3.49. The molecule has 0 aromatic carbocycles. The lowest BCUT2D eigenvalue weighted by Crippen LogP contribution is -2.44. The summed E-state index contributed by atoms with van der Waals surface area (Å²) < 4.78 is 8.02. The van der Waals surface area contributed by atoms with E-state index in [4.69, 9.17) is 10.5 Å². The van der Waals surface area contributed by atoms with Crippen molar-refractivity contribution in [2.75, 3.05) is 26.3 Å². The van der Waals surface area contributed by atoms with Gasteiger partial charge in [-0.2, -0.15) is 5.10 Å². The van der Waals surface area contributed by atoms with Crippen molar-refractivity contribution in [3.63, 3.8) is 0 Å². The van der Waals surface area contributed by atoms with Gasteiger partial charge in [-0.1, -0.05) is 6.58 Å². The highest BCUT2D eigenvalue weighted by molar-refractivity contribution is 9.10. The van der Waals surface area contributed by atoms with Crippen LogP contribution in [0.15, 0.2) is 33.8 Å². The zero-order valence-corrected chi connectivity index (χ0v) is 15.2. The normalized spacial score (nSPS) is 15.9. The number of hydrogen-bond acceptors (Lipinski definition) is 4. The molecule has 2 N–H and O–H groups in total. The van der Waals surface area contributed by atoms with Crippen molar-refractivity contribution in [2.24, 2.45) is 17.8 Å². The lowest BCUT2D eigenvalue weighted by Gasteiger charge is -2.27. The highest BCUT2D eigenvalue weighted by atomic mass is 79.9. The first-order valence-corrected chi connectivity index (χ1v) is 8.85. The number of rotatable bonds is 3. The van der Waals surface area contributed by atoms with Crippen molar-refractivity contribution in [3.05, 3.63) is 39.3 Å². The second kappa shape index (κ2) is 6.86. The van der Waals surface area contributed by atoms with Crippen LogP contribution in [-0.2, 0) is 11.8 Å². The van der Waals surface area contributed by atoms with Crippen LogP contribution in [0, 0.1) is 0 Å². The molecule has 6 nitrogen and oxygen atoms in total. The molecule has 0 saturated carbocycles. The van der Waals surface area contributed by atoms with Crippen molar-refractivity contribution in [1.29, 1.82) is 0 Å². The molecule has 8 heteroatoms. The molecular formula is C15H18BrN5OS. The van der Waals surface area contributed by atoms with Crippen LogP contribution in [0.2, 0.25) is 0 Å². The molecule has 2 aromatic heterocycles. The Morgan fingerprint density at radius 1 is 1.48 bits per heavy atom. The van der Waals surface area contributed by atoms with Gasteiger partial charge in [0.2, 0.25) is 0 Å². The summed E-state index contributed by atoms with van der Waals surface area (Å²) in [6.07, 6.45) is 3.74. The smallest absolute Gasteiger partial charge is 0.196 e. The number of nitrogens with zero attached hydrogens (tertiary/aromatic N) is 4. The third-order valence-electron chi connectivity index (χ3n) is 3.61. The van der Waals surface area contributed by atoms with Gasteiger partial charge >= 0.3 is 0 Å². The molecule has 3 heterocycles. The van der Waals surface area contributed by atoms with Crippen LogP contribution < -0.4 is 5.73 Å². The molecule has 1 saturated heterocycles. The summed E-state index contributed by atoms with van der Waals surface area (Å²) in [6.45, 7) is 7.07. The maximum atomic E-state index is 6.18. The molecule has 0 aliphatic carbocycles. The zero-order valence-electron chi connectivity index (χ0n) is 12.8. The number of morpholine rings is 1. The Morgan fingerprint density at radius 3 is 2.87 bits per heavy atom. The topological polar surface area (TPSA) is 68.7 Å². The Labute approximate surface area is 147 Å². The highest BCUT2D eigenvalue weighted by Gasteiger charge is 2.18. The third-order valence-corrected chi connectivity index (χ3v) is 5.55. The molecule has 0 bridgehead atoms. The van der Waals surface area contributed by atoms with Crippen LogP contribution >= 0.6 is 27.3 Å². The van der Waals surface area contributed by atoms with E-state index in [1.54, 1.807) is 22.2 Å². The van der Waals surface area contributed by atoms with Crippen molar-refractivity contribution >= 4 is 44.5 Å². The van der Waals surface area contributed by atoms with Gasteiger partial charge in [0, 0.05) is 37.3 Å². The van der Waals surface area contributed by atoms with Crippen LogP contribution in [0.5, 0.6) is 0 Å². The van der Waals surface area contributed by atoms with Gasteiger partial charge in [0.15, 0.2) is 5.96 Å². The number of hydrogen-bond donors (Lipinski definition) is 1. The van der Waals surface area contributed by atoms with E-state index in [1.807, 2.05) is 23.5 Å². The van der Waals surface area contributed by atoms with Crippen LogP contribution in [0.1, 0.15) is 10.4 Å². The molecular weight excluding hydrogens is 378 g/mol. The van der Waals surface area contributed by atoms with Crippen molar-refractivity contribution in [3.8, 4) is 0 Å². The van der Waals surface area contributed by atoms with E-state index in [9.17, 15) is 0 Å². The minimum Gasteiger partial charge on any atom is -0.378 e. The SMILES string of the molecule is C=C(c1cnn(C)c1)c1scc(Br)c1/N=C(\N)N1CCOCC1. The molecule has 122 valence electrons. The largest absolute Gasteiger partial charge is 0.378 e. The fraction of sp³-hybridized carbons (Fsp3) is 0.333. The number of ether oxygens (including phenoxy) is 1. The Kier molecular flexibility index (Phi) is 4.84. The number of halogens is 1. The first kappa shape index (κ1) is 16.2. The molecule has 0 unspecified atom stereocenters. The van der Waals surface area contributed by atoms with Gasteiger partial charge in [-0.3, -0.25) is 4.68 Å². The number of nitrogens with two attached hydrogens (primary N) is 1. The molecule has 1 fully saturated rings. The summed E-state index contributed by atoms with van der Waals surface area (Å²) in [5.74, 6) is 0.507. The van der Waals surface area contributed by atoms with Gasteiger partial charge < -0.3 is 15.4 Å². The van der Waals surface area contributed by atoms with Crippen molar-refractivity contribution in [1.82, 2.24) is 14.7 Å². The highest BCUT2D eigenvalue weighted by Crippen LogP contribution is 2.41. The van der Waals surface area contributed by atoms with Gasteiger partial charge in [0.05, 0.1) is 34.4 Å². The second-order valence-corrected chi connectivity index (χ2v) is 6.95. The number of aromatic nitrogens is 2. The van der Waals surface area contributed by atoms with Gasteiger partial charge in [0.1, 0.15) is 0 Å². The average molecular weight is 396 g/mol. The van der Waals surface area contributed by atoms with Crippen LogP contribution in [0.25, 0.3) is 5.57 Å². The predicted octanol–water partition coefficient (Wildman–Crippen LogP) is 2.58. The Morgan fingerprint density at radius 2 is 2.22 bits per heavy atom. The fourth-order valence-electron chi connectivity index (χ4n) is 2.33. The van der Waals surface area contributed by atoms with Crippen LogP contribution in [0.3, 0.4) is 0 Å². The molecule has 0 atom stereocenters. The molecule has 3 rings (SSSR count). The molecule has 0 radical (unpaired) electrons. The maximum absolute atomic E-state index is 6.18. The van der Waals surface area contributed by atoms with E-state index in [2.05, 4.69) is 32.6 Å². The standard InChI is InChI=1S/C15H18BrN5OS/c1-10(11-7-18-20(2)8-11)14-13(12(16)9-23-14)19-15(17)21-3-5-22-6-4-21/h7-9H,1,3-6H2,2H3,(H2,17,19). The summed E-state index contributed by atoms with van der Waals surface area (Å²) in [7, 11) is 1.89. The molecule has 2 aromatic rings. The first-order chi connectivity index (χ1) is 11.1. The summed E-state index contributed by atoms with van der Waals surface area (Å²) in [5, 5.41) is 6.20. The Hall–Kier alpha value is -1.64. The summed E-state index contributed by atoms with van der Waals surface area (Å²) in [6, 6.07) is 0. The number of aliphatic imine (C=N–C) groups is 1. The van der Waals surface area contributed by atoms with Gasteiger partial charge in [-0.15, -0.1) is 11.3 Å². The molecule has 0 amide bonds. The number of thiophene rings is 1. The lowest BCUT2D eigenvalue weighted by atomic mass is 10.1. The quantitative estimate of drug-likeness (QED) is 0.640. The zero-order chi connectivity index (χ0) is 16.4. The first-order valence-electron chi connectivity index (χ1n) is 7.18. The number of aryl methyl sites for hydroxylation is 1. The predicted molar refractivity (Wildman–Crippen MR) is 97.0 cm³/mol. The van der Waals surface area contributed by atoms with E-state index < -0.39 is 0 Å². The van der Waals surface area contributed by atoms with Gasteiger partial charge in [0.25, 0.3) is 0 Å². The van der Waals surface area contributed by atoms with E-state index >= 15 is 0 Å². The monoisotopic (exact) mass is 395 g/mol. The maximum Gasteiger partial charge on any atom is 0.196 e. The van der Waals surface area contributed by atoms with E-state index in [0.717, 1.165) is 39.3 Å². The van der Waals surface area contributed by atoms with Gasteiger partial charge in [-0.05, 0) is 21.5 Å². The average Bonchev–Trinajstić information content (AvgIpc) is 3.14. The van der Waals surface area contributed by atoms with Gasteiger partial charge in [-0.25, -0.2) is 4.99 Å². The molecule has 23 heavy (non-hydrogen) atoms. The summed E-state index contributed by atoms with van der Waals surface area (Å²) in [4.78, 5) is 7.65. The van der Waals surface area contributed by atoms with Crippen LogP contribution in [0.4, 0.5) is 5.69 Å². The fourth-order valence-corrected chi connectivity index (χ4v) is 3.89. The van der Waals surface area contributed by atoms with Crippen molar-refractivity contribution < 1.29 is 4.74 Å². The van der Waals surface area contributed by atoms with Crippen LogP contribution in [-0.4, -0.2) is 46.9 Å². The van der Waals surface area contributed by atoms with Crippen molar-refractivity contribution in [2.45, 2.75) is 0 Å². The molecule has 1 aliphatic heterocycles. The Balaban J connectivity index is 1.90. The second-order valence-electron chi connectivity index (χ2n) is 5.21. The summed E-state index contributed by atoms with van der Waals surface area (Å²) in [5.41, 5.74) is 8.86.